The predicted molar refractivity (Wildman–Crippen MR) is 353 cm³/mol. The number of ether oxygens (including phenoxy) is 3. The summed E-state index contributed by atoms with van der Waals surface area (Å²) in [5, 5.41) is 0. The average molecular weight is 1130 g/mol. The lowest BCUT2D eigenvalue weighted by molar-refractivity contribution is -0.167. The van der Waals surface area contributed by atoms with E-state index < -0.39 is 6.10 Å². The highest BCUT2D eigenvalue weighted by Crippen LogP contribution is 2.18. The summed E-state index contributed by atoms with van der Waals surface area (Å²) in [6.07, 6.45) is 91.8. The molecule has 6 heteroatoms. The van der Waals surface area contributed by atoms with Crippen LogP contribution in [0.2, 0.25) is 0 Å². The molecular weight excluding hydrogens is 997 g/mol. The number of allylic oxidation sites excluding steroid dienone is 14. The normalized spacial score (nSPS) is 12.6. The van der Waals surface area contributed by atoms with Crippen molar-refractivity contribution in [2.75, 3.05) is 13.2 Å². The largest absolute Gasteiger partial charge is 0.462 e. The van der Waals surface area contributed by atoms with Gasteiger partial charge < -0.3 is 14.2 Å². The van der Waals surface area contributed by atoms with Gasteiger partial charge in [0.15, 0.2) is 6.10 Å². The Morgan fingerprint density at radius 1 is 0.259 bits per heavy atom. The van der Waals surface area contributed by atoms with Gasteiger partial charge in [-0.25, -0.2) is 0 Å². The van der Waals surface area contributed by atoms with E-state index in [1.807, 2.05) is 0 Å². The van der Waals surface area contributed by atoms with Crippen molar-refractivity contribution in [2.45, 2.75) is 361 Å². The molecule has 0 fully saturated rings. The number of carbonyl (C=O) groups excluding carboxylic acids is 3. The molecule has 0 radical (unpaired) electrons. The molecule has 0 aromatic heterocycles. The number of unbranched alkanes of at least 4 members (excludes halogenated alkanes) is 39. The lowest BCUT2D eigenvalue weighted by Gasteiger charge is -2.18. The van der Waals surface area contributed by atoms with Crippen LogP contribution >= 0.6 is 0 Å². The van der Waals surface area contributed by atoms with Crippen molar-refractivity contribution < 1.29 is 28.6 Å². The van der Waals surface area contributed by atoms with Crippen LogP contribution < -0.4 is 0 Å². The van der Waals surface area contributed by atoms with E-state index in [0.29, 0.717) is 19.3 Å². The third-order valence-corrected chi connectivity index (χ3v) is 15.4. The fourth-order valence-electron chi connectivity index (χ4n) is 10.2. The fourth-order valence-corrected chi connectivity index (χ4v) is 10.2. The molecule has 0 aromatic rings. The molecule has 0 aliphatic carbocycles. The van der Waals surface area contributed by atoms with Gasteiger partial charge in [0.05, 0.1) is 0 Å². The molecule has 0 amide bonds. The monoisotopic (exact) mass is 1130 g/mol. The molecule has 0 aromatic carbocycles. The molecule has 0 N–H and O–H groups in total. The van der Waals surface area contributed by atoms with E-state index >= 15 is 0 Å². The Kier molecular flexibility index (Phi) is 66.2. The van der Waals surface area contributed by atoms with Crippen LogP contribution in [0.25, 0.3) is 0 Å². The van der Waals surface area contributed by atoms with Crippen LogP contribution in [0.4, 0.5) is 0 Å². The van der Waals surface area contributed by atoms with E-state index in [-0.39, 0.29) is 31.1 Å². The number of rotatable bonds is 64. The molecule has 468 valence electrons. The molecule has 0 spiro atoms. The quantitative estimate of drug-likeness (QED) is 0.0261. The predicted octanol–water partition coefficient (Wildman–Crippen LogP) is 24.2. The van der Waals surface area contributed by atoms with Gasteiger partial charge in [0, 0.05) is 19.3 Å². The number of hydrogen-bond acceptors (Lipinski definition) is 6. The summed E-state index contributed by atoms with van der Waals surface area (Å²) < 4.78 is 17.0. The molecule has 0 rings (SSSR count). The minimum absolute atomic E-state index is 0.0775. The Morgan fingerprint density at radius 2 is 0.481 bits per heavy atom. The van der Waals surface area contributed by atoms with Crippen molar-refractivity contribution in [2.24, 2.45) is 0 Å². The zero-order valence-electron chi connectivity index (χ0n) is 53.8. The summed E-state index contributed by atoms with van der Waals surface area (Å²) >= 11 is 0. The Morgan fingerprint density at radius 3 is 0.753 bits per heavy atom. The van der Waals surface area contributed by atoms with Gasteiger partial charge in [-0.05, 0) is 89.9 Å². The van der Waals surface area contributed by atoms with Gasteiger partial charge >= 0.3 is 17.9 Å². The molecule has 6 nitrogen and oxygen atoms in total. The molecule has 0 aliphatic rings. The van der Waals surface area contributed by atoms with Crippen molar-refractivity contribution >= 4 is 17.9 Å². The number of hydrogen-bond donors (Lipinski definition) is 0. The lowest BCUT2D eigenvalue weighted by atomic mass is 10.0. The van der Waals surface area contributed by atoms with E-state index in [4.69, 9.17) is 14.2 Å². The van der Waals surface area contributed by atoms with Crippen LogP contribution in [0.3, 0.4) is 0 Å². The third kappa shape index (κ3) is 67.3. The number of esters is 3. The molecule has 0 aliphatic heterocycles. The second-order valence-corrected chi connectivity index (χ2v) is 23.4. The second-order valence-electron chi connectivity index (χ2n) is 23.4. The maximum Gasteiger partial charge on any atom is 0.306 e. The van der Waals surface area contributed by atoms with Crippen LogP contribution in [0.5, 0.6) is 0 Å². The minimum Gasteiger partial charge on any atom is -0.462 e. The molecular formula is C75H132O6. The van der Waals surface area contributed by atoms with E-state index in [2.05, 4.69) is 106 Å². The Labute approximate surface area is 503 Å². The first-order valence-corrected chi connectivity index (χ1v) is 35.1. The SMILES string of the molecule is CC/C=C\C/C=C\C/C=C\C/C=C\CCCCCCCCCCCCCCCCCCC(=O)OCC(COC(=O)CCCCCCC/C=C\C/C=C\C/C=C\CC)OC(=O)CCCCCCCCCCCCCCCCCCCCC. The fraction of sp³-hybridized carbons (Fsp3) is 0.773. The van der Waals surface area contributed by atoms with Crippen molar-refractivity contribution in [1.82, 2.24) is 0 Å². The van der Waals surface area contributed by atoms with Crippen molar-refractivity contribution in [3.63, 3.8) is 0 Å². The van der Waals surface area contributed by atoms with Crippen molar-refractivity contribution in [1.29, 1.82) is 0 Å². The van der Waals surface area contributed by atoms with Crippen LogP contribution in [0.1, 0.15) is 355 Å². The highest BCUT2D eigenvalue weighted by molar-refractivity contribution is 5.71. The third-order valence-electron chi connectivity index (χ3n) is 15.4. The summed E-state index contributed by atoms with van der Waals surface area (Å²) in [4.78, 5) is 38.4. The highest BCUT2D eigenvalue weighted by atomic mass is 16.6. The van der Waals surface area contributed by atoms with E-state index in [1.165, 1.54) is 193 Å². The minimum atomic E-state index is -0.782. The van der Waals surface area contributed by atoms with Gasteiger partial charge in [0.1, 0.15) is 13.2 Å². The van der Waals surface area contributed by atoms with Gasteiger partial charge in [-0.2, -0.15) is 0 Å². The van der Waals surface area contributed by atoms with Gasteiger partial charge in [-0.3, -0.25) is 14.4 Å². The smallest absolute Gasteiger partial charge is 0.306 e. The summed E-state index contributed by atoms with van der Waals surface area (Å²) in [5.74, 6) is -0.874. The maximum absolute atomic E-state index is 12.9. The highest BCUT2D eigenvalue weighted by Gasteiger charge is 2.19. The zero-order valence-corrected chi connectivity index (χ0v) is 53.8. The van der Waals surface area contributed by atoms with E-state index in [9.17, 15) is 14.4 Å². The van der Waals surface area contributed by atoms with E-state index in [1.54, 1.807) is 0 Å². The molecule has 81 heavy (non-hydrogen) atoms. The molecule has 1 unspecified atom stereocenters. The van der Waals surface area contributed by atoms with Gasteiger partial charge in [-0.15, -0.1) is 0 Å². The molecule has 0 bridgehead atoms. The first-order chi connectivity index (χ1) is 40.0. The zero-order chi connectivity index (χ0) is 58.5. The standard InChI is InChI=1S/C75H132O6/c1-4-7-10-13-16-19-22-25-28-30-32-33-34-35-36-37-38-39-40-41-43-44-47-50-53-56-59-62-65-68-74(77)80-71-72(70-79-73(76)67-64-61-58-55-52-49-46-27-24-21-18-15-12-9-6-3)81-75(78)69-66-63-60-57-54-51-48-45-42-31-29-26-23-20-17-14-11-8-5-2/h7,9-10,12,16,18-19,21,25,27-28,32-33,46,72H,4-6,8,11,13-15,17,20,22-24,26,29-31,34-45,47-71H2,1-3H3/b10-7-,12-9-,19-16-,21-18-,28-25-,33-32-,46-27-. The van der Waals surface area contributed by atoms with Gasteiger partial charge in [-0.1, -0.05) is 331 Å². The van der Waals surface area contributed by atoms with Gasteiger partial charge in [0.2, 0.25) is 0 Å². The number of carbonyl (C=O) groups is 3. The Balaban J connectivity index is 4.25. The second kappa shape index (κ2) is 69.1. The van der Waals surface area contributed by atoms with E-state index in [0.717, 1.165) is 122 Å². The molecule has 0 saturated heterocycles. The summed E-state index contributed by atoms with van der Waals surface area (Å²) in [5.41, 5.74) is 0. The Hall–Kier alpha value is -3.41. The van der Waals surface area contributed by atoms with Crippen molar-refractivity contribution in [3.8, 4) is 0 Å². The summed E-state index contributed by atoms with van der Waals surface area (Å²) in [6.45, 7) is 6.46. The lowest BCUT2D eigenvalue weighted by Crippen LogP contribution is -2.30. The van der Waals surface area contributed by atoms with Crippen molar-refractivity contribution in [3.05, 3.63) is 85.1 Å². The first kappa shape index (κ1) is 77.6. The molecule has 0 heterocycles. The Bertz CT molecular complexity index is 1530. The average Bonchev–Trinajstić information content (AvgIpc) is 3.47. The summed E-state index contributed by atoms with van der Waals surface area (Å²) in [7, 11) is 0. The summed E-state index contributed by atoms with van der Waals surface area (Å²) in [6, 6.07) is 0. The molecule has 0 saturated carbocycles. The maximum atomic E-state index is 12.9. The van der Waals surface area contributed by atoms with Crippen LogP contribution in [0.15, 0.2) is 85.1 Å². The van der Waals surface area contributed by atoms with Crippen LogP contribution in [0, 0.1) is 0 Å². The van der Waals surface area contributed by atoms with Crippen LogP contribution in [-0.4, -0.2) is 37.2 Å². The topological polar surface area (TPSA) is 78.9 Å². The molecule has 1 atom stereocenters. The first-order valence-electron chi connectivity index (χ1n) is 35.1. The van der Waals surface area contributed by atoms with Gasteiger partial charge in [0.25, 0.3) is 0 Å². The van der Waals surface area contributed by atoms with Crippen LogP contribution in [-0.2, 0) is 28.6 Å².